The summed E-state index contributed by atoms with van der Waals surface area (Å²) in [5, 5.41) is 2.99. The Labute approximate surface area is 147 Å². The van der Waals surface area contributed by atoms with Crippen LogP contribution in [0.5, 0.6) is 5.75 Å². The minimum atomic E-state index is -0.363. The molecule has 0 bridgehead atoms. The molecule has 1 fully saturated rings. The number of amides is 2. The maximum atomic E-state index is 12.7. The number of hydrogen-bond acceptors (Lipinski definition) is 3. The summed E-state index contributed by atoms with van der Waals surface area (Å²) >= 11 is 0. The summed E-state index contributed by atoms with van der Waals surface area (Å²) in [7, 11) is 1.59. The Morgan fingerprint density at radius 1 is 1.16 bits per heavy atom. The van der Waals surface area contributed by atoms with Gasteiger partial charge in [0.05, 0.1) is 13.0 Å². The van der Waals surface area contributed by atoms with Crippen LogP contribution in [0, 0.1) is 19.8 Å². The molecule has 1 heterocycles. The molecule has 2 aromatic carbocycles. The van der Waals surface area contributed by atoms with Gasteiger partial charge in [0.25, 0.3) is 0 Å². The zero-order chi connectivity index (χ0) is 18.0. The molecule has 2 aromatic rings. The molecule has 1 atom stereocenters. The first-order valence-corrected chi connectivity index (χ1v) is 8.31. The van der Waals surface area contributed by atoms with Gasteiger partial charge in [-0.1, -0.05) is 24.3 Å². The van der Waals surface area contributed by atoms with Crippen molar-refractivity contribution < 1.29 is 14.3 Å². The highest BCUT2D eigenvalue weighted by Crippen LogP contribution is 2.29. The van der Waals surface area contributed by atoms with Crippen LogP contribution in [0.15, 0.2) is 42.5 Å². The number of rotatable bonds is 4. The molecule has 5 nitrogen and oxygen atoms in total. The molecule has 1 aliphatic rings. The van der Waals surface area contributed by atoms with Gasteiger partial charge in [0, 0.05) is 30.4 Å². The zero-order valence-electron chi connectivity index (χ0n) is 14.7. The van der Waals surface area contributed by atoms with Crippen LogP contribution in [0.25, 0.3) is 0 Å². The Morgan fingerprint density at radius 3 is 2.52 bits per heavy atom. The third kappa shape index (κ3) is 3.50. The summed E-state index contributed by atoms with van der Waals surface area (Å²) in [5.74, 6) is 0.164. The van der Waals surface area contributed by atoms with Gasteiger partial charge in [0.1, 0.15) is 5.75 Å². The van der Waals surface area contributed by atoms with Crippen LogP contribution in [0.4, 0.5) is 11.4 Å². The first kappa shape index (κ1) is 17.0. The fourth-order valence-electron chi connectivity index (χ4n) is 3.15. The van der Waals surface area contributed by atoms with E-state index in [9.17, 15) is 9.59 Å². The Bertz CT molecular complexity index is 796. The molecule has 0 saturated carbocycles. The van der Waals surface area contributed by atoms with E-state index in [0.29, 0.717) is 12.3 Å². The summed E-state index contributed by atoms with van der Waals surface area (Å²) in [6.45, 7) is 4.30. The van der Waals surface area contributed by atoms with Gasteiger partial charge in [-0.3, -0.25) is 9.59 Å². The number of anilines is 2. The highest BCUT2D eigenvalue weighted by atomic mass is 16.5. The summed E-state index contributed by atoms with van der Waals surface area (Å²) in [6, 6.07) is 13.2. The van der Waals surface area contributed by atoms with Gasteiger partial charge in [-0.25, -0.2) is 0 Å². The number of carbonyl (C=O) groups excluding carboxylic acids is 2. The number of nitrogens with one attached hydrogen (secondary N) is 1. The molecule has 0 spiro atoms. The van der Waals surface area contributed by atoms with E-state index in [1.165, 1.54) is 0 Å². The van der Waals surface area contributed by atoms with Gasteiger partial charge in [0.2, 0.25) is 11.8 Å². The molecule has 3 rings (SSSR count). The molecular formula is C20H22N2O3. The average molecular weight is 338 g/mol. The third-order valence-corrected chi connectivity index (χ3v) is 4.59. The molecule has 25 heavy (non-hydrogen) atoms. The van der Waals surface area contributed by atoms with Gasteiger partial charge in [0.15, 0.2) is 0 Å². The number of para-hydroxylation sites is 1. The molecule has 0 radical (unpaired) electrons. The summed E-state index contributed by atoms with van der Waals surface area (Å²) in [4.78, 5) is 26.7. The maximum Gasteiger partial charge on any atom is 0.229 e. The lowest BCUT2D eigenvalue weighted by Gasteiger charge is -2.18. The van der Waals surface area contributed by atoms with E-state index in [2.05, 4.69) is 5.32 Å². The number of methoxy groups -OCH3 is 1. The Morgan fingerprint density at radius 2 is 1.84 bits per heavy atom. The van der Waals surface area contributed by atoms with Gasteiger partial charge in [-0.05, 0) is 37.1 Å². The van der Waals surface area contributed by atoms with Gasteiger partial charge >= 0.3 is 0 Å². The summed E-state index contributed by atoms with van der Waals surface area (Å²) < 4.78 is 5.21. The Kier molecular flexibility index (Phi) is 4.74. The van der Waals surface area contributed by atoms with Crippen molar-refractivity contribution in [3.63, 3.8) is 0 Å². The predicted molar refractivity (Wildman–Crippen MR) is 98.0 cm³/mol. The molecule has 1 N–H and O–H groups in total. The van der Waals surface area contributed by atoms with E-state index in [1.807, 2.05) is 56.3 Å². The van der Waals surface area contributed by atoms with Crippen molar-refractivity contribution in [3.8, 4) is 5.75 Å². The molecule has 0 aromatic heterocycles. The molecular weight excluding hydrogens is 316 g/mol. The molecule has 130 valence electrons. The number of nitrogens with zero attached hydrogens (tertiary/aromatic N) is 1. The van der Waals surface area contributed by atoms with E-state index in [1.54, 1.807) is 12.0 Å². The number of carbonyl (C=O) groups is 2. The van der Waals surface area contributed by atoms with Crippen LogP contribution in [-0.4, -0.2) is 25.5 Å². The standard InChI is InChI=1S/C20H22N2O3/c1-13-6-4-7-14(2)19(13)21-20(24)15-10-18(23)22(12-15)16-8-5-9-17(11-16)25-3/h4-9,11,15H,10,12H2,1-3H3,(H,21,24)/t15-/m0/s1. The van der Waals surface area contributed by atoms with Gasteiger partial charge in [-0.2, -0.15) is 0 Å². The van der Waals surface area contributed by atoms with Crippen molar-refractivity contribution in [1.29, 1.82) is 0 Å². The number of ether oxygens (including phenoxy) is 1. The average Bonchev–Trinajstić information content (AvgIpc) is 3.00. The van der Waals surface area contributed by atoms with Crippen molar-refractivity contribution in [2.75, 3.05) is 23.9 Å². The number of hydrogen-bond donors (Lipinski definition) is 1. The SMILES string of the molecule is COc1cccc(N2C[C@@H](C(=O)Nc3c(C)cccc3C)CC2=O)c1. The largest absolute Gasteiger partial charge is 0.497 e. The van der Waals surface area contributed by atoms with Crippen molar-refractivity contribution in [2.24, 2.45) is 5.92 Å². The molecule has 0 aliphatic carbocycles. The van der Waals surface area contributed by atoms with Crippen molar-refractivity contribution in [2.45, 2.75) is 20.3 Å². The fraction of sp³-hybridized carbons (Fsp3) is 0.300. The molecule has 5 heteroatoms. The fourth-order valence-corrected chi connectivity index (χ4v) is 3.15. The minimum absolute atomic E-state index is 0.0464. The molecule has 1 aliphatic heterocycles. The summed E-state index contributed by atoms with van der Waals surface area (Å²) in [5.41, 5.74) is 3.62. The van der Waals surface area contributed by atoms with Crippen molar-refractivity contribution in [3.05, 3.63) is 53.6 Å². The zero-order valence-corrected chi connectivity index (χ0v) is 14.7. The first-order chi connectivity index (χ1) is 12.0. The van der Waals surface area contributed by atoms with Gasteiger partial charge < -0.3 is 15.0 Å². The van der Waals surface area contributed by atoms with E-state index >= 15 is 0 Å². The normalized spacial score (nSPS) is 16.8. The van der Waals surface area contributed by atoms with Crippen LogP contribution in [0.2, 0.25) is 0 Å². The lowest BCUT2D eigenvalue weighted by atomic mass is 10.1. The maximum absolute atomic E-state index is 12.7. The van der Waals surface area contributed by atoms with E-state index < -0.39 is 0 Å². The molecule has 2 amide bonds. The summed E-state index contributed by atoms with van der Waals surface area (Å²) in [6.07, 6.45) is 0.216. The van der Waals surface area contributed by atoms with Crippen LogP contribution in [0.1, 0.15) is 17.5 Å². The van der Waals surface area contributed by atoms with E-state index in [-0.39, 0.29) is 24.2 Å². The highest BCUT2D eigenvalue weighted by molar-refractivity contribution is 6.04. The van der Waals surface area contributed by atoms with Crippen molar-refractivity contribution >= 4 is 23.2 Å². The number of aryl methyl sites for hydroxylation is 2. The minimum Gasteiger partial charge on any atom is -0.497 e. The Balaban J connectivity index is 1.74. The second-order valence-corrected chi connectivity index (χ2v) is 6.36. The van der Waals surface area contributed by atoms with Crippen molar-refractivity contribution in [1.82, 2.24) is 0 Å². The third-order valence-electron chi connectivity index (χ3n) is 4.59. The van der Waals surface area contributed by atoms with Gasteiger partial charge in [-0.15, -0.1) is 0 Å². The first-order valence-electron chi connectivity index (χ1n) is 8.31. The van der Waals surface area contributed by atoms with Crippen LogP contribution >= 0.6 is 0 Å². The second-order valence-electron chi connectivity index (χ2n) is 6.36. The quantitative estimate of drug-likeness (QED) is 0.930. The Hall–Kier alpha value is -2.82. The van der Waals surface area contributed by atoms with E-state index in [0.717, 1.165) is 22.5 Å². The second kappa shape index (κ2) is 6.97. The number of benzene rings is 2. The topological polar surface area (TPSA) is 58.6 Å². The molecule has 0 unspecified atom stereocenters. The molecule has 1 saturated heterocycles. The smallest absolute Gasteiger partial charge is 0.229 e. The van der Waals surface area contributed by atoms with Crippen LogP contribution < -0.4 is 15.0 Å². The lowest BCUT2D eigenvalue weighted by molar-refractivity contribution is -0.122. The monoisotopic (exact) mass is 338 g/mol. The predicted octanol–water partition coefficient (Wildman–Crippen LogP) is 3.30. The van der Waals surface area contributed by atoms with E-state index in [4.69, 9.17) is 4.74 Å². The lowest BCUT2D eigenvalue weighted by Crippen LogP contribution is -2.28. The van der Waals surface area contributed by atoms with Crippen LogP contribution in [0.3, 0.4) is 0 Å². The highest BCUT2D eigenvalue weighted by Gasteiger charge is 2.35. The van der Waals surface area contributed by atoms with Crippen LogP contribution in [-0.2, 0) is 9.59 Å².